The number of nitrogen functional groups attached to an aromatic ring is 1. The normalized spacial score (nSPS) is 18.6. The SMILES string of the molecule is CCc1cc2c(cc1N1CCN(C(=O)CCCCc3cn(CCC[C@H](N)C(=O)N[C@H]4CN(C(C)=O)CC4(C)C)c(N)n3)CC1)C(C)(C)c1[nH]c3cc(C#N)ccc3c1C2=O. The number of carbonyl (C=O) groups excluding carboxylic acids is 4. The number of anilines is 2. The molecule has 0 saturated carbocycles. The molecular formula is C46H60N10O4. The van der Waals surface area contributed by atoms with Crippen LogP contribution in [0.15, 0.2) is 36.5 Å². The van der Waals surface area contributed by atoms with Crippen molar-refractivity contribution >= 4 is 46.0 Å². The number of nitrogens with two attached hydrogens (primary N) is 2. The molecule has 60 heavy (non-hydrogen) atoms. The van der Waals surface area contributed by atoms with E-state index in [1.165, 1.54) is 0 Å². The third-order valence-corrected chi connectivity index (χ3v) is 13.2. The number of aromatic nitrogens is 3. The second-order valence-corrected chi connectivity index (χ2v) is 18.1. The summed E-state index contributed by atoms with van der Waals surface area (Å²) in [6.45, 7) is 16.4. The Hall–Kier alpha value is -5.68. The third-order valence-electron chi connectivity index (χ3n) is 13.2. The van der Waals surface area contributed by atoms with Gasteiger partial charge in [0, 0.05) is 104 Å². The van der Waals surface area contributed by atoms with Crippen LogP contribution in [0, 0.1) is 16.7 Å². The zero-order chi connectivity index (χ0) is 43.1. The van der Waals surface area contributed by atoms with Crippen LogP contribution in [0.5, 0.6) is 0 Å². The van der Waals surface area contributed by atoms with Gasteiger partial charge in [-0.15, -0.1) is 0 Å². The highest BCUT2D eigenvalue weighted by Gasteiger charge is 2.42. The van der Waals surface area contributed by atoms with Gasteiger partial charge in [-0.25, -0.2) is 4.98 Å². The minimum Gasteiger partial charge on any atom is -0.369 e. The van der Waals surface area contributed by atoms with E-state index in [-0.39, 0.29) is 35.0 Å². The van der Waals surface area contributed by atoms with Gasteiger partial charge in [-0.3, -0.25) is 19.2 Å². The standard InChI is InChI=1S/C46H60N10O4/c1-7-30-22-33-34(46(5,6)42-40(41(33)59)32-15-14-29(24-47)21-36(32)51-42)23-37(30)53-17-19-54(20-18-53)39(58)13-9-8-11-31-25-55(44(49)50-31)16-10-12-35(48)43(60)52-38-26-56(28(2)57)27-45(38,3)4/h14-15,21-23,25,35,38,51H,7-13,16-20,26-27,48H2,1-6H3,(H2,49,50)(H,52,60)/t35-,38-/m0/s1. The first-order valence-electron chi connectivity index (χ1n) is 21.5. The number of carbonyl (C=O) groups is 4. The Morgan fingerprint density at radius 3 is 2.48 bits per heavy atom. The van der Waals surface area contributed by atoms with Gasteiger partial charge in [0.25, 0.3) is 0 Å². The summed E-state index contributed by atoms with van der Waals surface area (Å²) < 4.78 is 1.89. The number of aromatic amines is 1. The summed E-state index contributed by atoms with van der Waals surface area (Å²) in [6, 6.07) is 11.1. The Labute approximate surface area is 352 Å². The predicted octanol–water partition coefficient (Wildman–Crippen LogP) is 4.79. The van der Waals surface area contributed by atoms with Gasteiger partial charge < -0.3 is 41.0 Å². The van der Waals surface area contributed by atoms with Crippen molar-refractivity contribution < 1.29 is 19.2 Å². The van der Waals surface area contributed by atoms with Gasteiger partial charge in [0.05, 0.1) is 35.0 Å². The van der Waals surface area contributed by atoms with Crippen LogP contribution >= 0.6 is 0 Å². The van der Waals surface area contributed by atoms with E-state index in [1.54, 1.807) is 17.9 Å². The number of imidazole rings is 1. The first-order chi connectivity index (χ1) is 28.5. The van der Waals surface area contributed by atoms with Crippen molar-refractivity contribution in [3.8, 4) is 6.07 Å². The van der Waals surface area contributed by atoms with Crippen molar-refractivity contribution in [2.24, 2.45) is 11.1 Å². The largest absolute Gasteiger partial charge is 0.369 e. The van der Waals surface area contributed by atoms with Crippen molar-refractivity contribution in [2.45, 2.75) is 111 Å². The number of amides is 3. The summed E-state index contributed by atoms with van der Waals surface area (Å²) in [6.07, 6.45) is 6.63. The number of hydrogen-bond donors (Lipinski definition) is 4. The van der Waals surface area contributed by atoms with Gasteiger partial charge in [0.1, 0.15) is 0 Å². The Morgan fingerprint density at radius 1 is 1.05 bits per heavy atom. The van der Waals surface area contributed by atoms with E-state index in [2.05, 4.69) is 59.2 Å². The fraction of sp³-hybridized carbons (Fsp3) is 0.522. The molecule has 0 bridgehead atoms. The summed E-state index contributed by atoms with van der Waals surface area (Å²) in [5, 5.41) is 13.4. The Balaban J connectivity index is 0.869. The molecule has 7 rings (SSSR count). The summed E-state index contributed by atoms with van der Waals surface area (Å²) in [7, 11) is 0. The van der Waals surface area contributed by atoms with Crippen LogP contribution < -0.4 is 21.7 Å². The molecule has 2 aliphatic heterocycles. The molecule has 1 aliphatic carbocycles. The molecule has 14 nitrogen and oxygen atoms in total. The quantitative estimate of drug-likeness (QED) is 0.137. The van der Waals surface area contributed by atoms with Crippen LogP contribution in [0.4, 0.5) is 11.6 Å². The maximum Gasteiger partial charge on any atom is 0.237 e. The fourth-order valence-electron chi connectivity index (χ4n) is 9.39. The second kappa shape index (κ2) is 16.8. The summed E-state index contributed by atoms with van der Waals surface area (Å²) in [5.74, 6) is 0.389. The fourth-order valence-corrected chi connectivity index (χ4v) is 9.39. The minimum atomic E-state index is -0.661. The maximum atomic E-state index is 14.1. The molecule has 3 aliphatic rings. The molecule has 2 saturated heterocycles. The molecule has 3 amide bonds. The number of likely N-dealkylation sites (tertiary alicyclic amines) is 1. The van der Waals surface area contributed by atoms with E-state index < -0.39 is 11.5 Å². The average Bonchev–Trinajstić information content (AvgIpc) is 3.89. The van der Waals surface area contributed by atoms with E-state index in [1.807, 2.05) is 41.6 Å². The van der Waals surface area contributed by atoms with E-state index >= 15 is 0 Å². The molecule has 0 unspecified atom stereocenters. The number of rotatable bonds is 13. The number of ketones is 1. The van der Waals surface area contributed by atoms with Gasteiger partial charge in [-0.2, -0.15) is 5.26 Å². The summed E-state index contributed by atoms with van der Waals surface area (Å²) >= 11 is 0. The van der Waals surface area contributed by atoms with E-state index in [9.17, 15) is 24.4 Å². The molecular weight excluding hydrogens is 757 g/mol. The van der Waals surface area contributed by atoms with Crippen molar-refractivity contribution in [3.63, 3.8) is 0 Å². The lowest BCUT2D eigenvalue weighted by Gasteiger charge is -2.39. The molecule has 14 heteroatoms. The Kier molecular flexibility index (Phi) is 11.9. The third kappa shape index (κ3) is 8.24. The van der Waals surface area contributed by atoms with Gasteiger partial charge in [0.15, 0.2) is 11.7 Å². The molecule has 0 spiro atoms. The highest BCUT2D eigenvalue weighted by Crippen LogP contribution is 2.46. The van der Waals surface area contributed by atoms with Crippen LogP contribution in [0.3, 0.4) is 0 Å². The van der Waals surface area contributed by atoms with Gasteiger partial charge in [-0.1, -0.05) is 40.7 Å². The van der Waals surface area contributed by atoms with E-state index in [0.717, 1.165) is 63.9 Å². The van der Waals surface area contributed by atoms with E-state index in [4.69, 9.17) is 11.5 Å². The highest BCUT2D eigenvalue weighted by molar-refractivity contribution is 6.20. The number of hydrogen-bond acceptors (Lipinski definition) is 9. The molecule has 2 atom stereocenters. The summed E-state index contributed by atoms with van der Waals surface area (Å²) in [5.41, 5.74) is 19.6. The number of unbranched alkanes of at least 4 members (excludes halogenated alkanes) is 1. The smallest absolute Gasteiger partial charge is 0.237 e. The number of piperazine rings is 1. The molecule has 2 fully saturated rings. The Bertz CT molecular complexity index is 2360. The van der Waals surface area contributed by atoms with Gasteiger partial charge >= 0.3 is 0 Å². The average molecular weight is 817 g/mol. The number of H-pyrrole nitrogens is 1. The number of aryl methyl sites for hydroxylation is 3. The van der Waals surface area contributed by atoms with Crippen LogP contribution in [0.25, 0.3) is 10.9 Å². The van der Waals surface area contributed by atoms with Crippen LogP contribution in [0.1, 0.15) is 118 Å². The first-order valence-corrected chi connectivity index (χ1v) is 21.5. The summed E-state index contributed by atoms with van der Waals surface area (Å²) in [4.78, 5) is 66.3. The monoisotopic (exact) mass is 816 g/mol. The maximum absolute atomic E-state index is 14.1. The van der Waals surface area contributed by atoms with Crippen molar-refractivity contribution in [1.29, 1.82) is 5.26 Å². The molecule has 318 valence electrons. The predicted molar refractivity (Wildman–Crippen MR) is 233 cm³/mol. The lowest BCUT2D eigenvalue weighted by Crippen LogP contribution is -2.50. The molecule has 2 aromatic carbocycles. The topological polar surface area (TPSA) is 199 Å². The number of benzene rings is 2. The number of nitrogens with one attached hydrogen (secondary N) is 2. The molecule has 0 radical (unpaired) electrons. The lowest BCUT2D eigenvalue weighted by molar-refractivity contribution is -0.131. The Morgan fingerprint density at radius 2 is 1.80 bits per heavy atom. The van der Waals surface area contributed by atoms with Crippen LogP contribution in [-0.4, -0.2) is 99.2 Å². The molecule has 6 N–H and O–H groups in total. The molecule has 2 aromatic heterocycles. The van der Waals surface area contributed by atoms with Crippen molar-refractivity contribution in [3.05, 3.63) is 75.7 Å². The lowest BCUT2D eigenvalue weighted by atomic mass is 9.70. The van der Waals surface area contributed by atoms with Crippen LogP contribution in [-0.2, 0) is 39.2 Å². The van der Waals surface area contributed by atoms with Crippen LogP contribution in [0.2, 0.25) is 0 Å². The van der Waals surface area contributed by atoms with Gasteiger partial charge in [0.2, 0.25) is 17.7 Å². The zero-order valence-corrected chi connectivity index (χ0v) is 36.0. The van der Waals surface area contributed by atoms with Crippen molar-refractivity contribution in [2.75, 3.05) is 49.9 Å². The first kappa shape index (κ1) is 42.4. The number of fused-ring (bicyclic) bond motifs is 4. The van der Waals surface area contributed by atoms with E-state index in [0.29, 0.717) is 88.6 Å². The minimum absolute atomic E-state index is 0.00428. The van der Waals surface area contributed by atoms with Crippen molar-refractivity contribution in [1.82, 2.24) is 29.7 Å². The second-order valence-electron chi connectivity index (χ2n) is 18.1. The number of nitrogens with zero attached hydrogens (tertiary/aromatic N) is 6. The highest BCUT2D eigenvalue weighted by atomic mass is 16.2. The molecule has 4 aromatic rings. The zero-order valence-electron chi connectivity index (χ0n) is 36.0. The molecule has 4 heterocycles. The van der Waals surface area contributed by atoms with Gasteiger partial charge in [-0.05, 0) is 73.9 Å². The number of nitriles is 1.